The quantitative estimate of drug-likeness (QED) is 0.690. The van der Waals surface area contributed by atoms with Crippen LogP contribution in [-0.2, 0) is 6.42 Å². The number of benzene rings is 1. The second-order valence-electron chi connectivity index (χ2n) is 8.78. The summed E-state index contributed by atoms with van der Waals surface area (Å²) in [7, 11) is 0. The first-order valence-corrected chi connectivity index (χ1v) is 11.6. The molecule has 3 heterocycles. The number of piperidine rings is 1. The van der Waals surface area contributed by atoms with Crippen molar-refractivity contribution in [2.24, 2.45) is 5.92 Å². The fourth-order valence-electron chi connectivity index (χ4n) is 4.44. The van der Waals surface area contributed by atoms with Crippen LogP contribution in [0, 0.1) is 12.8 Å². The average Bonchev–Trinajstić information content (AvgIpc) is 3.04. The maximum atomic E-state index is 12.9. The number of carbonyl (C=O) groups is 1. The molecule has 0 bridgehead atoms. The van der Waals surface area contributed by atoms with E-state index in [-0.39, 0.29) is 11.8 Å². The average molecular weight is 440 g/mol. The van der Waals surface area contributed by atoms with Crippen LogP contribution < -0.4 is 14.8 Å². The molecule has 1 fully saturated rings. The Morgan fingerprint density at radius 1 is 1.25 bits per heavy atom. The van der Waals surface area contributed by atoms with Gasteiger partial charge in [-0.1, -0.05) is 0 Å². The number of amides is 1. The standard InChI is InChI=1S/C25H33N3O4/c1-18-14-21(24-23(15-18)31-12-3-13-32-24)25(30)27-16-20-7-11-28(17-22(20)29)10-2-4-19-5-8-26-9-6-19/h5-6,8-9,14-15,20,22,29H,2-4,7,10-13,16-17H2,1H3,(H,27,30)/t20-,22+/m0/s1. The van der Waals surface area contributed by atoms with Crippen LogP contribution >= 0.6 is 0 Å². The van der Waals surface area contributed by atoms with Crippen LogP contribution in [0.25, 0.3) is 0 Å². The minimum atomic E-state index is -0.445. The number of hydrogen-bond donors (Lipinski definition) is 2. The maximum Gasteiger partial charge on any atom is 0.255 e. The topological polar surface area (TPSA) is 83.9 Å². The van der Waals surface area contributed by atoms with Crippen molar-refractivity contribution in [2.75, 3.05) is 39.4 Å². The summed E-state index contributed by atoms with van der Waals surface area (Å²) in [5.41, 5.74) is 2.76. The van der Waals surface area contributed by atoms with Gasteiger partial charge in [0.2, 0.25) is 0 Å². The van der Waals surface area contributed by atoms with Gasteiger partial charge in [-0.3, -0.25) is 9.78 Å². The number of hydrogen-bond acceptors (Lipinski definition) is 6. The fourth-order valence-corrected chi connectivity index (χ4v) is 4.44. The minimum Gasteiger partial charge on any atom is -0.490 e. The Balaban J connectivity index is 1.26. The molecule has 0 unspecified atom stereocenters. The predicted molar refractivity (Wildman–Crippen MR) is 122 cm³/mol. The molecular formula is C25H33N3O4. The molecule has 2 aromatic rings. The van der Waals surface area contributed by atoms with Crippen LogP contribution in [0.5, 0.6) is 11.5 Å². The van der Waals surface area contributed by atoms with Crippen molar-refractivity contribution in [3.8, 4) is 11.5 Å². The summed E-state index contributed by atoms with van der Waals surface area (Å²) in [5, 5.41) is 13.7. The summed E-state index contributed by atoms with van der Waals surface area (Å²) in [5.74, 6) is 1.03. The summed E-state index contributed by atoms with van der Waals surface area (Å²) in [6, 6.07) is 7.85. The zero-order valence-electron chi connectivity index (χ0n) is 18.8. The summed E-state index contributed by atoms with van der Waals surface area (Å²) in [4.78, 5) is 19.3. The number of aliphatic hydroxyl groups is 1. The van der Waals surface area contributed by atoms with Gasteiger partial charge in [-0.15, -0.1) is 0 Å². The summed E-state index contributed by atoms with van der Waals surface area (Å²) >= 11 is 0. The van der Waals surface area contributed by atoms with Gasteiger partial charge in [0.25, 0.3) is 5.91 Å². The van der Waals surface area contributed by atoms with Gasteiger partial charge in [-0.25, -0.2) is 0 Å². The molecule has 7 heteroatoms. The zero-order valence-corrected chi connectivity index (χ0v) is 18.8. The van der Waals surface area contributed by atoms with E-state index in [1.165, 1.54) is 5.56 Å². The van der Waals surface area contributed by atoms with Gasteiger partial charge in [0.05, 0.1) is 24.9 Å². The highest BCUT2D eigenvalue weighted by molar-refractivity contribution is 5.98. The summed E-state index contributed by atoms with van der Waals surface area (Å²) in [6.45, 7) is 6.07. The first kappa shape index (κ1) is 22.6. The van der Waals surface area contributed by atoms with Crippen LogP contribution in [0.15, 0.2) is 36.7 Å². The van der Waals surface area contributed by atoms with E-state index in [4.69, 9.17) is 9.47 Å². The second kappa shape index (κ2) is 10.8. The summed E-state index contributed by atoms with van der Waals surface area (Å²) < 4.78 is 11.6. The number of pyridine rings is 1. The lowest BCUT2D eigenvalue weighted by atomic mass is 9.93. The van der Waals surface area contributed by atoms with Crippen LogP contribution in [0.1, 0.15) is 40.7 Å². The van der Waals surface area contributed by atoms with Crippen LogP contribution in [-0.4, -0.2) is 66.4 Å². The van der Waals surface area contributed by atoms with Crippen molar-refractivity contribution in [1.82, 2.24) is 15.2 Å². The van der Waals surface area contributed by atoms with Crippen LogP contribution in [0.4, 0.5) is 0 Å². The van der Waals surface area contributed by atoms with Gasteiger partial charge in [-0.05, 0) is 74.7 Å². The van der Waals surface area contributed by atoms with Crippen molar-refractivity contribution in [2.45, 2.75) is 38.7 Å². The number of aryl methyl sites for hydroxylation is 2. The third-order valence-corrected chi connectivity index (χ3v) is 6.26. The van der Waals surface area contributed by atoms with Crippen molar-refractivity contribution in [3.05, 3.63) is 53.3 Å². The number of rotatable bonds is 7. The lowest BCUT2D eigenvalue weighted by Crippen LogP contribution is -2.47. The monoisotopic (exact) mass is 439 g/mol. The normalized spacial score (nSPS) is 21.1. The molecule has 4 rings (SSSR count). The van der Waals surface area contributed by atoms with Crippen LogP contribution in [0.3, 0.4) is 0 Å². The first-order valence-electron chi connectivity index (χ1n) is 11.6. The van der Waals surface area contributed by atoms with E-state index in [1.54, 1.807) is 0 Å². The first-order chi connectivity index (χ1) is 15.6. The zero-order chi connectivity index (χ0) is 22.3. The number of carbonyl (C=O) groups excluding carboxylic acids is 1. The molecule has 0 saturated carbocycles. The van der Waals surface area contributed by atoms with Gasteiger partial charge in [0.1, 0.15) is 0 Å². The number of fused-ring (bicyclic) bond motifs is 1. The molecule has 1 amide bonds. The Bertz CT molecular complexity index is 906. The predicted octanol–water partition coefficient (Wildman–Crippen LogP) is 2.60. The highest BCUT2D eigenvalue weighted by atomic mass is 16.5. The maximum absolute atomic E-state index is 12.9. The molecule has 2 atom stereocenters. The molecule has 172 valence electrons. The number of ether oxygens (including phenoxy) is 2. The Kier molecular flexibility index (Phi) is 7.60. The lowest BCUT2D eigenvalue weighted by Gasteiger charge is -2.36. The smallest absolute Gasteiger partial charge is 0.255 e. The molecule has 7 nitrogen and oxygen atoms in total. The second-order valence-corrected chi connectivity index (χ2v) is 8.78. The van der Waals surface area contributed by atoms with Gasteiger partial charge in [0.15, 0.2) is 11.5 Å². The largest absolute Gasteiger partial charge is 0.490 e. The summed E-state index contributed by atoms with van der Waals surface area (Å²) in [6.07, 6.45) is 6.93. The Morgan fingerprint density at radius 3 is 2.88 bits per heavy atom. The molecule has 0 aliphatic carbocycles. The van der Waals surface area contributed by atoms with E-state index in [9.17, 15) is 9.90 Å². The molecule has 0 radical (unpaired) electrons. The SMILES string of the molecule is Cc1cc2c(c(C(=O)NC[C@@H]3CCN(CCCc4ccncc4)C[C@H]3O)c1)OCCCO2. The molecule has 32 heavy (non-hydrogen) atoms. The van der Waals surface area contributed by atoms with Crippen molar-refractivity contribution in [3.63, 3.8) is 0 Å². The minimum absolute atomic E-state index is 0.0518. The molecule has 0 spiro atoms. The molecule has 2 aliphatic rings. The van der Waals surface area contributed by atoms with Gasteiger partial charge < -0.3 is 24.8 Å². The molecule has 1 aromatic heterocycles. The fraction of sp³-hybridized carbons (Fsp3) is 0.520. The third kappa shape index (κ3) is 5.78. The lowest BCUT2D eigenvalue weighted by molar-refractivity contribution is 0.0218. The highest BCUT2D eigenvalue weighted by Gasteiger charge is 2.28. The third-order valence-electron chi connectivity index (χ3n) is 6.26. The van der Waals surface area contributed by atoms with Crippen LogP contribution in [0.2, 0.25) is 0 Å². The molecule has 1 saturated heterocycles. The molecular weight excluding hydrogens is 406 g/mol. The Hall–Kier alpha value is -2.64. The van der Waals surface area contributed by atoms with Gasteiger partial charge in [-0.2, -0.15) is 0 Å². The molecule has 2 N–H and O–H groups in total. The van der Waals surface area contributed by atoms with Crippen molar-refractivity contribution in [1.29, 1.82) is 0 Å². The van der Waals surface area contributed by atoms with E-state index in [2.05, 4.69) is 15.2 Å². The molecule has 2 aliphatic heterocycles. The Labute approximate surface area is 189 Å². The van der Waals surface area contributed by atoms with Gasteiger partial charge in [0, 0.05) is 37.8 Å². The highest BCUT2D eigenvalue weighted by Crippen LogP contribution is 2.34. The number of aromatic nitrogens is 1. The number of β-amino-alcohol motifs (C(OH)–C–C–N with tert-alkyl or cyclic N) is 1. The Morgan fingerprint density at radius 2 is 2.06 bits per heavy atom. The van der Waals surface area contributed by atoms with E-state index >= 15 is 0 Å². The number of nitrogens with zero attached hydrogens (tertiary/aromatic N) is 2. The van der Waals surface area contributed by atoms with E-state index in [1.807, 2.05) is 43.6 Å². The molecule has 1 aromatic carbocycles. The number of likely N-dealkylation sites (tertiary alicyclic amines) is 1. The number of aliphatic hydroxyl groups excluding tert-OH is 1. The van der Waals surface area contributed by atoms with Gasteiger partial charge >= 0.3 is 0 Å². The van der Waals surface area contributed by atoms with Crippen molar-refractivity contribution >= 4 is 5.91 Å². The van der Waals surface area contributed by atoms with E-state index < -0.39 is 6.10 Å². The number of nitrogens with one attached hydrogen (secondary N) is 1. The van der Waals surface area contributed by atoms with Crippen molar-refractivity contribution < 1.29 is 19.4 Å². The van der Waals surface area contributed by atoms with E-state index in [0.29, 0.717) is 43.4 Å². The van der Waals surface area contributed by atoms with E-state index in [0.717, 1.165) is 44.3 Å².